The second kappa shape index (κ2) is 7.60. The van der Waals surface area contributed by atoms with Crippen LogP contribution in [0.1, 0.15) is 6.42 Å². The molecule has 0 fully saturated rings. The molecule has 3 aromatic rings. The van der Waals surface area contributed by atoms with E-state index in [4.69, 9.17) is 32.4 Å². The minimum absolute atomic E-state index is 0.221. The zero-order valence-electron chi connectivity index (χ0n) is 12.7. The van der Waals surface area contributed by atoms with E-state index >= 15 is 0 Å². The Kier molecular flexibility index (Phi) is 5.47. The van der Waals surface area contributed by atoms with Crippen LogP contribution in [0.3, 0.4) is 0 Å². The molecule has 25 heavy (non-hydrogen) atoms. The third-order valence-electron chi connectivity index (χ3n) is 3.49. The molecular weight excluding hydrogens is 431 g/mol. The molecule has 4 nitrogen and oxygen atoms in total. The highest BCUT2D eigenvalue weighted by atomic mass is 79.9. The number of fused-ring (bicyclic) bond motifs is 1. The van der Waals surface area contributed by atoms with Crippen molar-refractivity contribution in [3.63, 3.8) is 0 Å². The molecule has 0 atom stereocenters. The van der Waals surface area contributed by atoms with Crippen molar-refractivity contribution in [3.05, 3.63) is 61.1 Å². The first kappa shape index (κ1) is 18.0. The van der Waals surface area contributed by atoms with Gasteiger partial charge in [0, 0.05) is 18.1 Å². The van der Waals surface area contributed by atoms with Crippen molar-refractivity contribution < 1.29 is 13.9 Å². The summed E-state index contributed by atoms with van der Waals surface area (Å²) in [7, 11) is 0. The van der Waals surface area contributed by atoms with E-state index in [2.05, 4.69) is 15.9 Å². The molecule has 0 aliphatic rings. The van der Waals surface area contributed by atoms with Crippen LogP contribution in [0.15, 0.2) is 50.1 Å². The van der Waals surface area contributed by atoms with Gasteiger partial charge in [0.1, 0.15) is 17.8 Å². The number of aldehydes is 1. The van der Waals surface area contributed by atoms with Crippen LogP contribution in [0.25, 0.3) is 22.3 Å². The van der Waals surface area contributed by atoms with Gasteiger partial charge in [-0.2, -0.15) is 0 Å². The van der Waals surface area contributed by atoms with Crippen LogP contribution < -0.4 is 10.2 Å². The number of hydrogen-bond donors (Lipinski definition) is 0. The normalized spacial score (nSPS) is 10.8. The maximum absolute atomic E-state index is 12.4. The Hall–Kier alpha value is -1.82. The molecule has 0 unspecified atom stereocenters. The summed E-state index contributed by atoms with van der Waals surface area (Å²) in [6, 6.07) is 9.64. The molecule has 128 valence electrons. The van der Waals surface area contributed by atoms with Gasteiger partial charge in [-0.3, -0.25) is 4.79 Å². The number of benzene rings is 2. The van der Waals surface area contributed by atoms with E-state index in [1.165, 1.54) is 6.07 Å². The summed E-state index contributed by atoms with van der Waals surface area (Å²) in [6.07, 6.45) is 1.04. The second-order valence-electron chi connectivity index (χ2n) is 5.16. The van der Waals surface area contributed by atoms with Crippen molar-refractivity contribution in [2.45, 2.75) is 6.42 Å². The van der Waals surface area contributed by atoms with E-state index in [1.807, 2.05) is 0 Å². The monoisotopic (exact) mass is 440 g/mol. The van der Waals surface area contributed by atoms with Gasteiger partial charge >= 0.3 is 0 Å². The Bertz CT molecular complexity index is 1010. The molecule has 0 radical (unpaired) electrons. The van der Waals surface area contributed by atoms with Gasteiger partial charge in [-0.25, -0.2) is 0 Å². The SMILES string of the molecule is O=CCCOc1cc(-c2cc(=O)c3cccc(Cl)c3o2)c(Cl)cc1Br. The number of ether oxygens (including phenoxy) is 1. The topological polar surface area (TPSA) is 56.5 Å². The fraction of sp³-hybridized carbons (Fsp3) is 0.111. The van der Waals surface area contributed by atoms with Gasteiger partial charge in [-0.05, 0) is 40.2 Å². The van der Waals surface area contributed by atoms with Crippen LogP contribution >= 0.6 is 39.1 Å². The molecule has 0 saturated carbocycles. The van der Waals surface area contributed by atoms with Gasteiger partial charge in [0.25, 0.3) is 0 Å². The van der Waals surface area contributed by atoms with Crippen molar-refractivity contribution in [3.8, 4) is 17.1 Å². The Morgan fingerprint density at radius 3 is 2.72 bits per heavy atom. The van der Waals surface area contributed by atoms with Gasteiger partial charge in [0.05, 0.1) is 26.5 Å². The van der Waals surface area contributed by atoms with Gasteiger partial charge < -0.3 is 13.9 Å². The van der Waals surface area contributed by atoms with Crippen LogP contribution in [-0.4, -0.2) is 12.9 Å². The van der Waals surface area contributed by atoms with Crippen LogP contribution in [0.5, 0.6) is 5.75 Å². The highest BCUT2D eigenvalue weighted by Gasteiger charge is 2.15. The fourth-order valence-electron chi connectivity index (χ4n) is 2.32. The lowest BCUT2D eigenvalue weighted by Crippen LogP contribution is -2.01. The minimum atomic E-state index is -0.221. The lowest BCUT2D eigenvalue weighted by atomic mass is 10.1. The fourth-order valence-corrected chi connectivity index (χ4v) is 3.38. The summed E-state index contributed by atoms with van der Waals surface area (Å²) in [6.45, 7) is 0.233. The van der Waals surface area contributed by atoms with Gasteiger partial charge in [-0.15, -0.1) is 0 Å². The number of para-hydroxylation sites is 1. The molecule has 0 N–H and O–H groups in total. The van der Waals surface area contributed by atoms with E-state index in [-0.39, 0.29) is 24.2 Å². The smallest absolute Gasteiger partial charge is 0.193 e. The van der Waals surface area contributed by atoms with Gasteiger partial charge in [-0.1, -0.05) is 29.3 Å². The Morgan fingerprint density at radius 2 is 1.96 bits per heavy atom. The van der Waals surface area contributed by atoms with Crippen molar-refractivity contribution in [1.29, 1.82) is 0 Å². The van der Waals surface area contributed by atoms with Gasteiger partial charge in [0.15, 0.2) is 11.0 Å². The summed E-state index contributed by atoms with van der Waals surface area (Å²) >= 11 is 15.8. The standard InChI is InChI=1S/C18H11BrCl2O4/c19-12-8-14(21)11(7-17(12)24-6-2-5-22)16-9-15(23)10-3-1-4-13(20)18(10)25-16/h1,3-5,7-9H,2,6H2. The molecule has 0 spiro atoms. The summed E-state index contributed by atoms with van der Waals surface area (Å²) < 4.78 is 12.0. The maximum Gasteiger partial charge on any atom is 0.193 e. The largest absolute Gasteiger partial charge is 0.492 e. The maximum atomic E-state index is 12.4. The van der Waals surface area contributed by atoms with E-state index < -0.39 is 0 Å². The molecule has 1 heterocycles. The first-order valence-electron chi connectivity index (χ1n) is 7.29. The second-order valence-corrected chi connectivity index (χ2v) is 6.83. The van der Waals surface area contributed by atoms with Crippen molar-refractivity contribution in [1.82, 2.24) is 0 Å². The summed E-state index contributed by atoms with van der Waals surface area (Å²) in [5.41, 5.74) is 0.570. The lowest BCUT2D eigenvalue weighted by Gasteiger charge is -2.11. The molecule has 7 heteroatoms. The van der Waals surface area contributed by atoms with E-state index in [9.17, 15) is 9.59 Å². The van der Waals surface area contributed by atoms with Gasteiger partial charge in [0.2, 0.25) is 0 Å². The zero-order valence-corrected chi connectivity index (χ0v) is 15.8. The number of carbonyl (C=O) groups excluding carboxylic acids is 1. The van der Waals surface area contributed by atoms with Crippen molar-refractivity contribution in [2.75, 3.05) is 6.61 Å². The highest BCUT2D eigenvalue weighted by molar-refractivity contribution is 9.10. The Labute approximate surface area is 161 Å². The first-order chi connectivity index (χ1) is 12.0. The van der Waals surface area contributed by atoms with Crippen LogP contribution in [-0.2, 0) is 4.79 Å². The molecular formula is C18H11BrCl2O4. The Morgan fingerprint density at radius 1 is 1.16 bits per heavy atom. The average molecular weight is 442 g/mol. The van der Waals surface area contributed by atoms with Crippen LogP contribution in [0.4, 0.5) is 0 Å². The predicted octanol–water partition coefficient (Wildman–Crippen LogP) is 5.50. The molecule has 0 amide bonds. The first-order valence-corrected chi connectivity index (χ1v) is 8.84. The summed E-state index contributed by atoms with van der Waals surface area (Å²) in [4.78, 5) is 22.8. The molecule has 2 aromatic carbocycles. The molecule has 0 aliphatic carbocycles. The minimum Gasteiger partial charge on any atom is -0.492 e. The summed E-state index contributed by atoms with van der Waals surface area (Å²) in [5.74, 6) is 0.770. The highest BCUT2D eigenvalue weighted by Crippen LogP contribution is 2.38. The lowest BCUT2D eigenvalue weighted by molar-refractivity contribution is -0.108. The molecule has 1 aromatic heterocycles. The third kappa shape index (κ3) is 3.73. The number of rotatable bonds is 5. The number of carbonyl (C=O) groups is 1. The van der Waals surface area contributed by atoms with E-state index in [0.717, 1.165) is 6.29 Å². The predicted molar refractivity (Wildman–Crippen MR) is 102 cm³/mol. The molecule has 0 saturated heterocycles. The average Bonchev–Trinajstić information content (AvgIpc) is 2.58. The molecule has 0 aliphatic heterocycles. The van der Waals surface area contributed by atoms with Crippen LogP contribution in [0.2, 0.25) is 10.0 Å². The molecule has 0 bridgehead atoms. The third-order valence-corrected chi connectivity index (χ3v) is 4.72. The van der Waals surface area contributed by atoms with E-state index in [0.29, 0.717) is 36.8 Å². The number of hydrogen-bond acceptors (Lipinski definition) is 4. The Balaban J connectivity index is 2.14. The summed E-state index contributed by atoms with van der Waals surface area (Å²) in [5, 5.41) is 1.11. The van der Waals surface area contributed by atoms with Crippen molar-refractivity contribution in [2.24, 2.45) is 0 Å². The van der Waals surface area contributed by atoms with Crippen LogP contribution in [0, 0.1) is 0 Å². The zero-order chi connectivity index (χ0) is 18.0. The molecule has 3 rings (SSSR count). The van der Waals surface area contributed by atoms with E-state index in [1.54, 1.807) is 30.3 Å². The quantitative estimate of drug-likeness (QED) is 0.387. The number of halogens is 3. The van der Waals surface area contributed by atoms with Crippen molar-refractivity contribution >= 4 is 56.4 Å².